The van der Waals surface area contributed by atoms with Crippen molar-refractivity contribution in [1.82, 2.24) is 0 Å². The van der Waals surface area contributed by atoms with E-state index < -0.39 is 26.5 Å². The van der Waals surface area contributed by atoms with Crippen LogP contribution in [0.1, 0.15) is 24.0 Å². The van der Waals surface area contributed by atoms with Gasteiger partial charge >= 0.3 is 0 Å². The Balaban J connectivity index is 1.99. The molecule has 0 aromatic heterocycles. The van der Waals surface area contributed by atoms with E-state index in [-0.39, 0.29) is 17.3 Å². The van der Waals surface area contributed by atoms with Crippen molar-refractivity contribution in [2.45, 2.75) is 35.4 Å². The van der Waals surface area contributed by atoms with E-state index in [2.05, 4.69) is 0 Å². The molecule has 0 unspecified atom stereocenters. The minimum Gasteiger partial charge on any atom is -0.380 e. The Kier molecular flexibility index (Phi) is 4.70. The second-order valence-corrected chi connectivity index (χ2v) is 8.63. The first-order chi connectivity index (χ1) is 11.8. The van der Waals surface area contributed by atoms with Gasteiger partial charge in [-0.05, 0) is 43.7 Å². The number of sulfone groups is 1. The monoisotopic (exact) mass is 363 g/mol. The van der Waals surface area contributed by atoms with E-state index in [9.17, 15) is 12.8 Å². The second kappa shape index (κ2) is 6.52. The van der Waals surface area contributed by atoms with Crippen LogP contribution in [0.2, 0.25) is 0 Å². The minimum absolute atomic E-state index is 0.140. The van der Waals surface area contributed by atoms with Crippen LogP contribution in [0.3, 0.4) is 0 Å². The molecule has 3 atom stereocenters. The molecule has 0 amide bonds. The van der Waals surface area contributed by atoms with Gasteiger partial charge in [-0.15, -0.1) is 0 Å². The number of hydrogen-bond acceptors (Lipinski definition) is 4. The van der Waals surface area contributed by atoms with Crippen LogP contribution in [0, 0.1) is 12.7 Å². The van der Waals surface area contributed by atoms with E-state index in [0.717, 1.165) is 5.56 Å². The van der Waals surface area contributed by atoms with Gasteiger partial charge in [0.1, 0.15) is 5.82 Å². The van der Waals surface area contributed by atoms with E-state index in [0.29, 0.717) is 12.2 Å². The predicted octanol–water partition coefficient (Wildman–Crippen LogP) is 2.81. The molecule has 0 bridgehead atoms. The number of ether oxygens (including phenoxy) is 1. The molecule has 2 aromatic carbocycles. The van der Waals surface area contributed by atoms with Gasteiger partial charge in [-0.3, -0.25) is 0 Å². The normalized spacial score (nSPS) is 25.8. The summed E-state index contributed by atoms with van der Waals surface area (Å²) in [7, 11) is -3.63. The maximum absolute atomic E-state index is 13.2. The highest BCUT2D eigenvalue weighted by molar-refractivity contribution is 7.92. The molecule has 0 radical (unpaired) electrons. The summed E-state index contributed by atoms with van der Waals surface area (Å²) in [4.78, 5) is 0.249. The topological polar surface area (TPSA) is 69.4 Å². The Morgan fingerprint density at radius 3 is 2.28 bits per heavy atom. The Morgan fingerprint density at radius 1 is 1.12 bits per heavy atom. The molecular formula is C19H22FNO3S. The third-order valence-corrected chi connectivity index (χ3v) is 7.08. The van der Waals surface area contributed by atoms with E-state index >= 15 is 0 Å². The molecular weight excluding hydrogens is 341 g/mol. The lowest BCUT2D eigenvalue weighted by Gasteiger charge is -2.12. The molecule has 6 heteroatoms. The third-order valence-electron chi connectivity index (χ3n) is 4.77. The summed E-state index contributed by atoms with van der Waals surface area (Å²) in [6, 6.07) is 12.6. The SMILES string of the molecule is CCOC[C@]1(N)[C@H](c2ccc(F)cc2)[C@H]1S(=O)(=O)c1ccc(C)cc1. The first-order valence-corrected chi connectivity index (χ1v) is 9.78. The molecule has 0 spiro atoms. The fraction of sp³-hybridized carbons (Fsp3) is 0.368. The van der Waals surface area contributed by atoms with Gasteiger partial charge in [0.25, 0.3) is 0 Å². The van der Waals surface area contributed by atoms with Crippen molar-refractivity contribution in [3.63, 3.8) is 0 Å². The van der Waals surface area contributed by atoms with Crippen LogP contribution in [0.15, 0.2) is 53.4 Å². The minimum atomic E-state index is -3.63. The van der Waals surface area contributed by atoms with Gasteiger partial charge in [0.2, 0.25) is 0 Å². The molecule has 2 N–H and O–H groups in total. The van der Waals surface area contributed by atoms with Crippen molar-refractivity contribution in [2.75, 3.05) is 13.2 Å². The Hall–Kier alpha value is -1.76. The van der Waals surface area contributed by atoms with Crippen LogP contribution in [-0.4, -0.2) is 32.4 Å². The summed E-state index contributed by atoms with van der Waals surface area (Å²) in [5, 5.41) is -0.792. The summed E-state index contributed by atoms with van der Waals surface area (Å²) in [6.45, 7) is 4.33. The maximum Gasteiger partial charge on any atom is 0.183 e. The second-order valence-electron chi connectivity index (χ2n) is 6.56. The summed E-state index contributed by atoms with van der Waals surface area (Å²) >= 11 is 0. The Bertz CT molecular complexity index is 849. The third kappa shape index (κ3) is 3.21. The molecule has 3 rings (SSSR count). The zero-order valence-electron chi connectivity index (χ0n) is 14.3. The number of rotatable bonds is 6. The van der Waals surface area contributed by atoms with E-state index in [1.54, 1.807) is 36.4 Å². The number of aryl methyl sites for hydroxylation is 1. The van der Waals surface area contributed by atoms with E-state index in [4.69, 9.17) is 10.5 Å². The number of nitrogens with two attached hydrogens (primary N) is 1. The van der Waals surface area contributed by atoms with Gasteiger partial charge in [0.15, 0.2) is 9.84 Å². The molecule has 0 aliphatic heterocycles. The number of halogens is 1. The Labute approximate surface area is 147 Å². The standard InChI is InChI=1S/C19H22FNO3S/c1-3-24-12-19(21)17(14-6-8-15(20)9-7-14)18(19)25(22,23)16-10-4-13(2)5-11-16/h4-11,17-18H,3,12,21H2,1-2H3/t17-,18-,19+/m1/s1. The van der Waals surface area contributed by atoms with Crippen molar-refractivity contribution in [3.05, 3.63) is 65.5 Å². The number of benzene rings is 2. The lowest BCUT2D eigenvalue weighted by atomic mass is 10.1. The summed E-state index contributed by atoms with van der Waals surface area (Å²) in [6.07, 6.45) is 0. The van der Waals surface area contributed by atoms with E-state index in [1.165, 1.54) is 12.1 Å². The quantitative estimate of drug-likeness (QED) is 0.857. The first kappa shape index (κ1) is 18.0. The summed E-state index contributed by atoms with van der Waals surface area (Å²) in [5.41, 5.74) is 7.13. The zero-order valence-corrected chi connectivity index (χ0v) is 15.1. The molecule has 0 saturated heterocycles. The molecule has 1 saturated carbocycles. The van der Waals surface area contributed by atoms with Gasteiger partial charge in [-0.25, -0.2) is 12.8 Å². The molecule has 0 heterocycles. The van der Waals surface area contributed by atoms with Gasteiger partial charge in [0.05, 0.1) is 22.3 Å². The van der Waals surface area contributed by atoms with Crippen LogP contribution < -0.4 is 5.73 Å². The van der Waals surface area contributed by atoms with Crippen molar-refractivity contribution < 1.29 is 17.5 Å². The van der Waals surface area contributed by atoms with E-state index in [1.807, 2.05) is 13.8 Å². The lowest BCUT2D eigenvalue weighted by molar-refractivity contribution is 0.125. The first-order valence-electron chi connectivity index (χ1n) is 8.23. The van der Waals surface area contributed by atoms with Gasteiger partial charge in [-0.1, -0.05) is 29.8 Å². The molecule has 1 fully saturated rings. The maximum atomic E-state index is 13.2. The van der Waals surface area contributed by atoms with Crippen LogP contribution in [-0.2, 0) is 14.6 Å². The zero-order chi connectivity index (χ0) is 18.2. The van der Waals surface area contributed by atoms with Crippen LogP contribution >= 0.6 is 0 Å². The van der Waals surface area contributed by atoms with Crippen molar-refractivity contribution in [1.29, 1.82) is 0 Å². The van der Waals surface area contributed by atoms with Gasteiger partial charge < -0.3 is 10.5 Å². The van der Waals surface area contributed by atoms with Crippen molar-refractivity contribution >= 4 is 9.84 Å². The highest BCUT2D eigenvalue weighted by Gasteiger charge is 2.69. The molecule has 25 heavy (non-hydrogen) atoms. The fourth-order valence-electron chi connectivity index (χ4n) is 3.37. The lowest BCUT2D eigenvalue weighted by Crippen LogP contribution is -2.36. The van der Waals surface area contributed by atoms with Gasteiger partial charge in [0, 0.05) is 12.5 Å². The van der Waals surface area contributed by atoms with Crippen LogP contribution in [0.4, 0.5) is 4.39 Å². The van der Waals surface area contributed by atoms with Crippen LogP contribution in [0.5, 0.6) is 0 Å². The number of hydrogen-bond donors (Lipinski definition) is 1. The molecule has 134 valence electrons. The van der Waals surface area contributed by atoms with Gasteiger partial charge in [-0.2, -0.15) is 0 Å². The molecule has 2 aromatic rings. The highest BCUT2D eigenvalue weighted by Crippen LogP contribution is 2.55. The Morgan fingerprint density at radius 2 is 1.72 bits per heavy atom. The average Bonchev–Trinajstić information content (AvgIpc) is 3.21. The highest BCUT2D eigenvalue weighted by atomic mass is 32.2. The molecule has 1 aliphatic rings. The fourth-order valence-corrected chi connectivity index (χ4v) is 5.66. The molecule has 1 aliphatic carbocycles. The average molecular weight is 363 g/mol. The summed E-state index contributed by atoms with van der Waals surface area (Å²) in [5.74, 6) is -0.791. The molecule has 4 nitrogen and oxygen atoms in total. The van der Waals surface area contributed by atoms with Crippen LogP contribution in [0.25, 0.3) is 0 Å². The van der Waals surface area contributed by atoms with Crippen molar-refractivity contribution in [2.24, 2.45) is 5.73 Å². The largest absolute Gasteiger partial charge is 0.380 e. The summed E-state index contributed by atoms with van der Waals surface area (Å²) < 4.78 is 44.9. The van der Waals surface area contributed by atoms with Crippen molar-refractivity contribution in [3.8, 4) is 0 Å². The predicted molar refractivity (Wildman–Crippen MR) is 94.7 cm³/mol. The smallest absolute Gasteiger partial charge is 0.183 e.